The molecule has 2 unspecified atom stereocenters. The van der Waals surface area contributed by atoms with Crippen molar-refractivity contribution in [2.24, 2.45) is 11.3 Å². The molecule has 1 heterocycles. The number of nitro benzene ring substituents is 1. The summed E-state index contributed by atoms with van der Waals surface area (Å²) in [5, 5.41) is 18.3. The molecule has 0 bridgehead atoms. The van der Waals surface area contributed by atoms with Crippen molar-refractivity contribution in [1.82, 2.24) is 20.3 Å². The minimum absolute atomic E-state index is 0.0602. The number of nitrogens with zero attached hydrogens (tertiary/aromatic N) is 2. The van der Waals surface area contributed by atoms with Gasteiger partial charge in [-0.1, -0.05) is 32.9 Å². The Hall–Kier alpha value is -4.74. The van der Waals surface area contributed by atoms with Gasteiger partial charge < -0.3 is 25.0 Å². The van der Waals surface area contributed by atoms with E-state index in [0.29, 0.717) is 18.4 Å². The average Bonchev–Trinajstić information content (AvgIpc) is 3.92. The smallest absolute Gasteiger partial charge is 0.411 e. The number of hydrogen-bond acceptors (Lipinski definition) is 11. The summed E-state index contributed by atoms with van der Waals surface area (Å²) in [4.78, 5) is 79.3. The fraction of sp³-hybridized carbons (Fsp3) is 0.606. The Balaban J connectivity index is 1.60. The van der Waals surface area contributed by atoms with Crippen LogP contribution in [0.4, 0.5) is 21.0 Å². The van der Waals surface area contributed by atoms with E-state index in [2.05, 4.69) is 27.3 Å². The first-order valence-corrected chi connectivity index (χ1v) is 18.1. The van der Waals surface area contributed by atoms with Gasteiger partial charge in [-0.05, 0) is 57.9 Å². The topological polar surface area (TPSA) is 232 Å². The number of likely N-dealkylation sites (tertiary alicyclic amines) is 1. The number of anilines is 1. The van der Waals surface area contributed by atoms with E-state index in [1.807, 2.05) is 0 Å². The molecule has 3 aliphatic rings. The molecule has 3 fully saturated rings. The summed E-state index contributed by atoms with van der Waals surface area (Å²) in [5.41, 5.74) is -3.09. The number of carbonyl (C=O) groups excluding carboxylic acids is 5. The van der Waals surface area contributed by atoms with Crippen LogP contribution >= 0.6 is 0 Å². The quantitative estimate of drug-likeness (QED) is 0.147. The molecule has 1 aliphatic heterocycles. The van der Waals surface area contributed by atoms with Gasteiger partial charge in [0.1, 0.15) is 29.3 Å². The molecule has 1 aromatic rings. The summed E-state index contributed by atoms with van der Waals surface area (Å²) in [6, 6.07) is 1.32. The van der Waals surface area contributed by atoms with E-state index < -0.39 is 90.8 Å². The molecule has 4 N–H and O–H groups in total. The largest absolute Gasteiger partial charge is 0.444 e. The van der Waals surface area contributed by atoms with E-state index in [0.717, 1.165) is 11.0 Å². The SMILES string of the molecule is C=CC1CC1(NC(=O)[C@@H]1C[C@@H](OC(=O)Nc2cc([N+](=O)[O-])ccc2C)CN1C(=O)[C@@H](NC(=O)OC(C)(C)C)C(C)(C)C)C(=O)NS(=O)(=O)C1CC1. The van der Waals surface area contributed by atoms with Gasteiger partial charge in [0.15, 0.2) is 0 Å². The van der Waals surface area contributed by atoms with Crippen molar-refractivity contribution < 1.29 is 46.8 Å². The third kappa shape index (κ3) is 9.33. The highest BCUT2D eigenvalue weighted by Crippen LogP contribution is 2.45. The van der Waals surface area contributed by atoms with Gasteiger partial charge in [-0.3, -0.25) is 34.5 Å². The Morgan fingerprint density at radius 2 is 1.75 bits per heavy atom. The third-order valence-electron chi connectivity index (χ3n) is 8.81. The van der Waals surface area contributed by atoms with Crippen LogP contribution in [0.25, 0.3) is 0 Å². The minimum Gasteiger partial charge on any atom is -0.444 e. The zero-order valence-electron chi connectivity index (χ0n) is 29.7. The standard InChI is InChI=1S/C33H46N6O11S/c1-9-19-16-33(19,28(42)37-51(47,48)22-12-13-22)36-26(40)24-15-21(49-29(43)34-23-14-20(39(45)46)11-10-18(23)2)17-38(24)27(41)25(31(3,4)5)35-30(44)50-32(6,7)8/h9-11,14,19,21-22,24-25H,1,12-13,15-17H2,2-8H3,(H,34,43)(H,35,44)(H,36,40)(H,37,42)/t19?,21-,24+,25-,33?/m1/s1. The van der Waals surface area contributed by atoms with Crippen molar-refractivity contribution in [2.45, 2.75) is 109 Å². The summed E-state index contributed by atoms with van der Waals surface area (Å²) in [5.74, 6) is -3.06. The van der Waals surface area contributed by atoms with Crippen LogP contribution < -0.4 is 20.7 Å². The number of amides is 5. The fourth-order valence-corrected chi connectivity index (χ4v) is 7.15. The maximum Gasteiger partial charge on any atom is 0.411 e. The number of carbonyl (C=O) groups is 5. The van der Waals surface area contributed by atoms with Crippen molar-refractivity contribution in [3.8, 4) is 0 Å². The Morgan fingerprint density at radius 3 is 2.27 bits per heavy atom. The zero-order valence-corrected chi connectivity index (χ0v) is 30.5. The molecule has 2 aliphatic carbocycles. The van der Waals surface area contributed by atoms with Gasteiger partial charge in [0.05, 0.1) is 22.4 Å². The maximum atomic E-state index is 14.3. The molecule has 2 saturated carbocycles. The van der Waals surface area contributed by atoms with Crippen molar-refractivity contribution in [1.29, 1.82) is 0 Å². The van der Waals surface area contributed by atoms with Crippen molar-refractivity contribution in [3.05, 3.63) is 46.5 Å². The lowest BCUT2D eigenvalue weighted by atomic mass is 9.85. The molecule has 5 atom stereocenters. The summed E-state index contributed by atoms with van der Waals surface area (Å²) in [6.45, 7) is 15.1. The van der Waals surface area contributed by atoms with Crippen molar-refractivity contribution in [3.63, 3.8) is 0 Å². The molecule has 0 aromatic heterocycles. The van der Waals surface area contributed by atoms with E-state index in [1.165, 1.54) is 18.2 Å². The molecular formula is C33H46N6O11S. The second-order valence-electron chi connectivity index (χ2n) is 15.3. The maximum absolute atomic E-state index is 14.3. The van der Waals surface area contributed by atoms with E-state index in [4.69, 9.17) is 9.47 Å². The highest BCUT2D eigenvalue weighted by atomic mass is 32.2. The Morgan fingerprint density at radius 1 is 1.10 bits per heavy atom. The molecule has 18 heteroatoms. The van der Waals surface area contributed by atoms with Crippen LogP contribution in [0.1, 0.15) is 72.8 Å². The molecule has 0 spiro atoms. The minimum atomic E-state index is -3.95. The first kappa shape index (κ1) is 39.1. The molecule has 5 amide bonds. The van der Waals surface area contributed by atoms with E-state index in [9.17, 15) is 42.5 Å². The summed E-state index contributed by atoms with van der Waals surface area (Å²) in [6.07, 6.45) is -0.902. The van der Waals surface area contributed by atoms with Gasteiger partial charge in [-0.25, -0.2) is 18.0 Å². The molecule has 4 rings (SSSR count). The predicted molar refractivity (Wildman–Crippen MR) is 184 cm³/mol. The number of nitrogens with one attached hydrogen (secondary N) is 4. The van der Waals surface area contributed by atoms with E-state index in [1.54, 1.807) is 48.5 Å². The second kappa shape index (κ2) is 14.1. The van der Waals surface area contributed by atoms with Gasteiger partial charge in [0.2, 0.25) is 21.8 Å². The second-order valence-corrected chi connectivity index (χ2v) is 17.2. The van der Waals surface area contributed by atoms with Crippen molar-refractivity contribution >= 4 is 51.3 Å². The lowest BCUT2D eigenvalue weighted by Gasteiger charge is -2.36. The lowest BCUT2D eigenvalue weighted by molar-refractivity contribution is -0.384. The van der Waals surface area contributed by atoms with Gasteiger partial charge in [0, 0.05) is 24.5 Å². The molecule has 51 heavy (non-hydrogen) atoms. The van der Waals surface area contributed by atoms with Crippen LogP contribution in [0.15, 0.2) is 30.9 Å². The number of hydrogen-bond donors (Lipinski definition) is 4. The number of alkyl carbamates (subject to hydrolysis) is 1. The highest BCUT2D eigenvalue weighted by Gasteiger charge is 2.62. The summed E-state index contributed by atoms with van der Waals surface area (Å²) >= 11 is 0. The number of benzene rings is 1. The number of aryl methyl sites for hydroxylation is 1. The number of non-ortho nitro benzene ring substituents is 1. The van der Waals surface area contributed by atoms with Gasteiger partial charge in [-0.2, -0.15) is 0 Å². The van der Waals surface area contributed by atoms with Crippen LogP contribution in [-0.2, 0) is 33.9 Å². The van der Waals surface area contributed by atoms with Gasteiger partial charge >= 0.3 is 12.2 Å². The molecule has 0 radical (unpaired) electrons. The third-order valence-corrected chi connectivity index (χ3v) is 10.6. The number of sulfonamides is 1. The number of rotatable bonds is 11. The molecular weight excluding hydrogens is 688 g/mol. The van der Waals surface area contributed by atoms with Crippen LogP contribution in [-0.4, -0.2) is 89.3 Å². The van der Waals surface area contributed by atoms with Gasteiger partial charge in [0.25, 0.3) is 11.6 Å². The van der Waals surface area contributed by atoms with Crippen LogP contribution in [0.5, 0.6) is 0 Å². The normalized spacial score (nSPS) is 23.7. The average molecular weight is 735 g/mol. The van der Waals surface area contributed by atoms with Crippen molar-refractivity contribution in [2.75, 3.05) is 11.9 Å². The van der Waals surface area contributed by atoms with Crippen LogP contribution in [0.3, 0.4) is 0 Å². The highest BCUT2D eigenvalue weighted by molar-refractivity contribution is 7.91. The summed E-state index contributed by atoms with van der Waals surface area (Å²) in [7, 11) is -3.95. The first-order chi connectivity index (χ1) is 23.5. The molecule has 1 saturated heterocycles. The molecule has 17 nitrogen and oxygen atoms in total. The van der Waals surface area contributed by atoms with Gasteiger partial charge in [-0.15, -0.1) is 6.58 Å². The summed E-state index contributed by atoms with van der Waals surface area (Å²) < 4.78 is 38.2. The first-order valence-electron chi connectivity index (χ1n) is 16.5. The van der Waals surface area contributed by atoms with Crippen LogP contribution in [0.2, 0.25) is 0 Å². The fourth-order valence-electron chi connectivity index (χ4n) is 5.78. The molecule has 1 aromatic carbocycles. The predicted octanol–water partition coefficient (Wildman–Crippen LogP) is 3.03. The zero-order chi connectivity index (χ0) is 38.3. The lowest BCUT2D eigenvalue weighted by Crippen LogP contribution is -2.60. The Bertz CT molecular complexity index is 1730. The molecule has 280 valence electrons. The van der Waals surface area contributed by atoms with E-state index >= 15 is 0 Å². The Labute approximate surface area is 296 Å². The van der Waals surface area contributed by atoms with E-state index in [-0.39, 0.29) is 30.8 Å². The monoisotopic (exact) mass is 734 g/mol. The van der Waals surface area contributed by atoms with Crippen LogP contribution in [0, 0.1) is 28.4 Å². The number of ether oxygens (including phenoxy) is 2. The Kier molecular flexibility index (Phi) is 10.8. The number of nitro groups is 1.